The molecule has 0 aliphatic rings. The highest BCUT2D eigenvalue weighted by molar-refractivity contribution is 7.92. The van der Waals surface area contributed by atoms with Gasteiger partial charge < -0.3 is 0 Å². The molecule has 0 aliphatic carbocycles. The number of fused-ring (bicyclic) bond motifs is 1. The van der Waals surface area contributed by atoms with Gasteiger partial charge in [-0.15, -0.1) is 0 Å². The topological polar surface area (TPSA) is 101 Å². The molecular weight excluding hydrogens is 302 g/mol. The lowest BCUT2D eigenvalue weighted by molar-refractivity contribution is 0.600. The number of hydrogen-bond donors (Lipinski definition) is 2. The third-order valence-electron chi connectivity index (χ3n) is 2.60. The van der Waals surface area contributed by atoms with E-state index >= 15 is 0 Å². The van der Waals surface area contributed by atoms with E-state index in [4.69, 9.17) is 11.6 Å². The first-order valence-corrected chi connectivity index (χ1v) is 7.34. The van der Waals surface area contributed by atoms with Crippen molar-refractivity contribution in [1.29, 1.82) is 0 Å². The average Bonchev–Trinajstić information content (AvgIpc) is 2.86. The summed E-state index contributed by atoms with van der Waals surface area (Å²) >= 11 is 5.53. The molecule has 0 atom stereocenters. The second-order valence-corrected chi connectivity index (χ2v) is 5.99. The molecule has 0 amide bonds. The first-order chi connectivity index (χ1) is 9.54. The van der Waals surface area contributed by atoms with E-state index in [0.29, 0.717) is 5.69 Å². The second-order valence-electron chi connectivity index (χ2n) is 3.97. The number of halogens is 1. The Balaban J connectivity index is 1.94. The van der Waals surface area contributed by atoms with Crippen molar-refractivity contribution < 1.29 is 8.42 Å². The highest BCUT2D eigenvalue weighted by atomic mass is 35.5. The number of hydrogen-bond acceptors (Lipinski definition) is 5. The maximum atomic E-state index is 12.1. The fourth-order valence-corrected chi connectivity index (χ4v) is 2.70. The van der Waals surface area contributed by atoms with Crippen molar-refractivity contribution in [2.75, 3.05) is 4.72 Å². The Kier molecular flexibility index (Phi) is 3.03. The van der Waals surface area contributed by atoms with Crippen LogP contribution in [0, 0.1) is 0 Å². The van der Waals surface area contributed by atoms with E-state index in [1.54, 1.807) is 24.4 Å². The van der Waals surface area contributed by atoms with Gasteiger partial charge in [0, 0.05) is 11.1 Å². The smallest absolute Gasteiger partial charge is 0.264 e. The number of H-pyrrole nitrogens is 1. The molecule has 0 bridgehead atoms. The zero-order valence-electron chi connectivity index (χ0n) is 9.91. The molecule has 2 heterocycles. The molecular formula is C11H8ClN5O2S. The number of nitrogens with one attached hydrogen (secondary N) is 2. The van der Waals surface area contributed by atoms with E-state index in [1.807, 2.05) is 0 Å². The quantitative estimate of drug-likeness (QED) is 0.719. The summed E-state index contributed by atoms with van der Waals surface area (Å²) in [6, 6.07) is 5.04. The lowest BCUT2D eigenvalue weighted by Gasteiger charge is -2.07. The third kappa shape index (κ3) is 2.43. The van der Waals surface area contributed by atoms with Crippen molar-refractivity contribution in [1.82, 2.24) is 20.2 Å². The summed E-state index contributed by atoms with van der Waals surface area (Å²) in [4.78, 5) is 7.24. The monoisotopic (exact) mass is 309 g/mol. The molecule has 2 aromatic heterocycles. The SMILES string of the molecule is O=S(=O)(Nc1ccc2[nH]ncc2c1)c1cnc(Cl)nc1. The lowest BCUT2D eigenvalue weighted by Crippen LogP contribution is -2.13. The molecule has 3 aromatic rings. The number of anilines is 1. The van der Waals surface area contributed by atoms with Crippen LogP contribution in [-0.4, -0.2) is 28.6 Å². The van der Waals surface area contributed by atoms with Gasteiger partial charge in [-0.25, -0.2) is 18.4 Å². The summed E-state index contributed by atoms with van der Waals surface area (Å²) in [7, 11) is -3.75. The number of rotatable bonds is 3. The molecule has 1 aromatic carbocycles. The van der Waals surface area contributed by atoms with Gasteiger partial charge in [-0.2, -0.15) is 5.10 Å². The van der Waals surface area contributed by atoms with Crippen LogP contribution in [0.15, 0.2) is 41.7 Å². The van der Waals surface area contributed by atoms with Crippen molar-refractivity contribution in [3.8, 4) is 0 Å². The van der Waals surface area contributed by atoms with Gasteiger partial charge >= 0.3 is 0 Å². The minimum atomic E-state index is -3.75. The lowest BCUT2D eigenvalue weighted by atomic mass is 10.2. The van der Waals surface area contributed by atoms with Crippen LogP contribution in [0.4, 0.5) is 5.69 Å². The summed E-state index contributed by atoms with van der Waals surface area (Å²) in [5.74, 6) is 0. The van der Waals surface area contributed by atoms with Crippen molar-refractivity contribution in [3.63, 3.8) is 0 Å². The fourth-order valence-electron chi connectivity index (χ4n) is 1.66. The molecule has 20 heavy (non-hydrogen) atoms. The molecule has 0 unspecified atom stereocenters. The van der Waals surface area contributed by atoms with E-state index in [1.165, 1.54) is 0 Å². The molecule has 0 fully saturated rings. The first kappa shape index (κ1) is 12.8. The Hall–Kier alpha value is -2.19. The fraction of sp³-hybridized carbons (Fsp3) is 0. The molecule has 0 aliphatic heterocycles. The van der Waals surface area contributed by atoms with E-state index < -0.39 is 10.0 Å². The van der Waals surface area contributed by atoms with Crippen molar-refractivity contribution in [2.24, 2.45) is 0 Å². The second kappa shape index (κ2) is 4.73. The number of nitrogens with zero attached hydrogens (tertiary/aromatic N) is 3. The van der Waals surface area contributed by atoms with Crippen molar-refractivity contribution in [3.05, 3.63) is 42.1 Å². The van der Waals surface area contributed by atoms with Gasteiger partial charge in [-0.05, 0) is 29.8 Å². The molecule has 3 rings (SSSR count). The maximum Gasteiger partial charge on any atom is 0.264 e. The van der Waals surface area contributed by atoms with E-state index in [-0.39, 0.29) is 10.2 Å². The number of sulfonamides is 1. The maximum absolute atomic E-state index is 12.1. The number of aromatic nitrogens is 4. The minimum absolute atomic E-state index is 0.0104. The predicted octanol–water partition coefficient (Wildman–Crippen LogP) is 1.81. The Bertz CT molecular complexity index is 860. The van der Waals surface area contributed by atoms with Crippen molar-refractivity contribution in [2.45, 2.75) is 4.90 Å². The molecule has 9 heteroatoms. The molecule has 102 valence electrons. The van der Waals surface area contributed by atoms with Crippen LogP contribution in [-0.2, 0) is 10.0 Å². The summed E-state index contributed by atoms with van der Waals surface area (Å²) in [6.07, 6.45) is 3.90. The Morgan fingerprint density at radius 2 is 1.90 bits per heavy atom. The van der Waals surface area contributed by atoms with Gasteiger partial charge in [0.2, 0.25) is 5.28 Å². The zero-order valence-corrected chi connectivity index (χ0v) is 11.5. The molecule has 2 N–H and O–H groups in total. The molecule has 0 saturated heterocycles. The van der Waals surface area contributed by atoms with Gasteiger partial charge in [0.05, 0.1) is 24.1 Å². The van der Waals surface area contributed by atoms with Gasteiger partial charge in [0.1, 0.15) is 4.90 Å². The normalized spacial score (nSPS) is 11.7. The van der Waals surface area contributed by atoms with Gasteiger partial charge in [-0.3, -0.25) is 9.82 Å². The minimum Gasteiger partial charge on any atom is -0.280 e. The van der Waals surface area contributed by atoms with E-state index in [0.717, 1.165) is 23.3 Å². The van der Waals surface area contributed by atoms with Crippen LogP contribution in [0.3, 0.4) is 0 Å². The van der Waals surface area contributed by atoms with Crippen LogP contribution in [0.5, 0.6) is 0 Å². The summed E-state index contributed by atoms with van der Waals surface area (Å²) < 4.78 is 26.7. The van der Waals surface area contributed by atoms with E-state index in [9.17, 15) is 8.42 Å². The highest BCUT2D eigenvalue weighted by Gasteiger charge is 2.15. The highest BCUT2D eigenvalue weighted by Crippen LogP contribution is 2.20. The van der Waals surface area contributed by atoms with Gasteiger partial charge in [-0.1, -0.05) is 0 Å². The van der Waals surface area contributed by atoms with Crippen LogP contribution >= 0.6 is 11.6 Å². The molecule has 7 nitrogen and oxygen atoms in total. The van der Waals surface area contributed by atoms with E-state index in [2.05, 4.69) is 24.9 Å². The van der Waals surface area contributed by atoms with Gasteiger partial charge in [0.25, 0.3) is 10.0 Å². The molecule has 0 spiro atoms. The molecule has 0 saturated carbocycles. The Morgan fingerprint density at radius 3 is 2.65 bits per heavy atom. The summed E-state index contributed by atoms with van der Waals surface area (Å²) in [6.45, 7) is 0. The predicted molar refractivity (Wildman–Crippen MR) is 73.9 cm³/mol. The van der Waals surface area contributed by atoms with Crippen LogP contribution in [0.2, 0.25) is 5.28 Å². The Morgan fingerprint density at radius 1 is 1.15 bits per heavy atom. The average molecular weight is 310 g/mol. The van der Waals surface area contributed by atoms with Crippen LogP contribution in [0.1, 0.15) is 0 Å². The number of aromatic amines is 1. The van der Waals surface area contributed by atoms with Gasteiger partial charge in [0.15, 0.2) is 0 Å². The largest absolute Gasteiger partial charge is 0.280 e. The number of benzene rings is 1. The molecule has 0 radical (unpaired) electrons. The van der Waals surface area contributed by atoms with Crippen LogP contribution in [0.25, 0.3) is 10.9 Å². The van der Waals surface area contributed by atoms with Crippen LogP contribution < -0.4 is 4.72 Å². The zero-order chi connectivity index (χ0) is 14.2. The Labute approximate surface area is 119 Å². The summed E-state index contributed by atoms with van der Waals surface area (Å²) in [5.41, 5.74) is 1.25. The first-order valence-electron chi connectivity index (χ1n) is 5.48. The summed E-state index contributed by atoms with van der Waals surface area (Å²) in [5, 5.41) is 7.45. The van der Waals surface area contributed by atoms with Crippen molar-refractivity contribution >= 4 is 38.2 Å². The standard InChI is InChI=1S/C11H8ClN5O2S/c12-11-13-5-9(6-14-11)20(18,19)17-8-1-2-10-7(3-8)4-15-16-10/h1-6,17H,(H,15,16). The third-order valence-corrected chi connectivity index (χ3v) is 4.13.